The van der Waals surface area contributed by atoms with Gasteiger partial charge in [-0.3, -0.25) is 10.1 Å². The van der Waals surface area contributed by atoms with Crippen LogP contribution in [0.3, 0.4) is 0 Å². The fraction of sp³-hybridized carbons (Fsp3) is 0.182. The summed E-state index contributed by atoms with van der Waals surface area (Å²) in [6, 6.07) is 1.64. The normalized spacial score (nSPS) is 11.4. The largest absolute Gasteiger partial charge is 0.419 e. The third-order valence-corrected chi connectivity index (χ3v) is 2.28. The van der Waals surface area contributed by atoms with E-state index in [0.717, 1.165) is 6.07 Å². The highest BCUT2D eigenvalue weighted by atomic mass is 19.4. The van der Waals surface area contributed by atoms with Gasteiger partial charge in [0.2, 0.25) is 0 Å². The first-order valence-corrected chi connectivity index (χ1v) is 5.26. The van der Waals surface area contributed by atoms with Crippen molar-refractivity contribution in [2.24, 2.45) is 0 Å². The maximum atomic E-state index is 13.1. The summed E-state index contributed by atoms with van der Waals surface area (Å²) >= 11 is 0. The summed E-state index contributed by atoms with van der Waals surface area (Å²) in [5, 5.41) is 5.50. The molecular weight excluding hydrogens is 282 g/mol. The van der Waals surface area contributed by atoms with E-state index in [1.807, 2.05) is 0 Å². The van der Waals surface area contributed by atoms with Crippen LogP contribution in [0.25, 0.3) is 0 Å². The molecule has 2 rings (SSSR count). The molecule has 2 aromatic rings. The second-order valence-corrected chi connectivity index (χ2v) is 3.79. The average molecular weight is 289 g/mol. The Morgan fingerprint density at radius 1 is 1.35 bits per heavy atom. The van der Waals surface area contributed by atoms with Crippen molar-refractivity contribution in [2.75, 3.05) is 5.32 Å². The van der Waals surface area contributed by atoms with Crippen LogP contribution in [0.2, 0.25) is 0 Å². The van der Waals surface area contributed by atoms with Crippen LogP contribution in [0.4, 0.5) is 23.6 Å². The molecule has 1 aromatic heterocycles. The van der Waals surface area contributed by atoms with Gasteiger partial charge in [0.1, 0.15) is 5.82 Å². The fourth-order valence-electron chi connectivity index (χ4n) is 1.40. The lowest BCUT2D eigenvalue weighted by Gasteiger charge is -2.09. The maximum absolute atomic E-state index is 13.1. The van der Waals surface area contributed by atoms with Crippen molar-refractivity contribution in [3.8, 4) is 0 Å². The number of carbonyl (C=O) groups is 1. The van der Waals surface area contributed by atoms with E-state index in [9.17, 15) is 22.4 Å². The topological polar surface area (TPSA) is 68.0 Å². The third-order valence-electron chi connectivity index (χ3n) is 2.28. The van der Waals surface area contributed by atoms with Gasteiger partial charge in [-0.1, -0.05) is 5.16 Å². The Balaban J connectivity index is 2.27. The van der Waals surface area contributed by atoms with Crippen molar-refractivity contribution >= 4 is 11.9 Å². The van der Waals surface area contributed by atoms with Crippen LogP contribution in [0.5, 0.6) is 0 Å². The van der Waals surface area contributed by atoms with Crippen molar-refractivity contribution in [3.63, 3.8) is 0 Å². The lowest BCUT2D eigenvalue weighted by atomic mass is 10.1. The van der Waals surface area contributed by atoms with Crippen LogP contribution in [-0.2, 0) is 6.18 Å². The molecule has 9 heteroatoms. The van der Waals surface area contributed by atoms with E-state index >= 15 is 0 Å². The molecule has 0 bridgehead atoms. The lowest BCUT2D eigenvalue weighted by Crippen LogP contribution is -2.15. The monoisotopic (exact) mass is 289 g/mol. The number of nitrogens with zero attached hydrogens (tertiary/aromatic N) is 2. The van der Waals surface area contributed by atoms with Gasteiger partial charge in [0, 0.05) is 5.56 Å². The zero-order valence-corrected chi connectivity index (χ0v) is 9.95. The van der Waals surface area contributed by atoms with E-state index < -0.39 is 23.5 Å². The summed E-state index contributed by atoms with van der Waals surface area (Å²) in [5.41, 5.74) is -1.90. The first-order valence-electron chi connectivity index (χ1n) is 5.26. The number of nitrogens with one attached hydrogen (secondary N) is 1. The van der Waals surface area contributed by atoms with Gasteiger partial charge in [-0.15, -0.1) is 0 Å². The maximum Gasteiger partial charge on any atom is 0.419 e. The van der Waals surface area contributed by atoms with Crippen molar-refractivity contribution in [3.05, 3.63) is 41.0 Å². The first kappa shape index (κ1) is 14.0. The van der Waals surface area contributed by atoms with E-state index in [-0.39, 0.29) is 17.4 Å². The Labute approximate surface area is 109 Å². The molecule has 0 aliphatic carbocycles. The van der Waals surface area contributed by atoms with Crippen LogP contribution in [-0.4, -0.2) is 16.0 Å². The zero-order chi connectivity index (χ0) is 14.9. The molecule has 1 amide bonds. The Bertz CT molecular complexity index is 651. The van der Waals surface area contributed by atoms with Crippen LogP contribution in [0.15, 0.2) is 22.7 Å². The number of amides is 1. The fourth-order valence-corrected chi connectivity index (χ4v) is 1.40. The quantitative estimate of drug-likeness (QED) is 0.863. The van der Waals surface area contributed by atoms with Crippen LogP contribution in [0.1, 0.15) is 21.7 Å². The van der Waals surface area contributed by atoms with Crippen LogP contribution in [0, 0.1) is 12.7 Å². The Hall–Kier alpha value is -2.45. The molecule has 1 N–H and O–H groups in total. The number of halogens is 4. The average Bonchev–Trinajstić information content (AvgIpc) is 2.73. The molecule has 0 radical (unpaired) electrons. The van der Waals surface area contributed by atoms with E-state index in [4.69, 9.17) is 0 Å². The number of alkyl halides is 3. The van der Waals surface area contributed by atoms with Gasteiger partial charge in [0.25, 0.3) is 5.91 Å². The number of rotatable bonds is 2. The minimum atomic E-state index is -4.89. The van der Waals surface area contributed by atoms with Crippen molar-refractivity contribution in [1.29, 1.82) is 0 Å². The van der Waals surface area contributed by atoms with E-state index in [1.54, 1.807) is 0 Å². The molecule has 0 saturated heterocycles. The molecule has 0 aliphatic rings. The van der Waals surface area contributed by atoms with Crippen molar-refractivity contribution < 1.29 is 26.9 Å². The molecule has 0 atom stereocenters. The molecule has 0 unspecified atom stereocenters. The van der Waals surface area contributed by atoms with Crippen LogP contribution < -0.4 is 5.32 Å². The van der Waals surface area contributed by atoms with E-state index in [0.29, 0.717) is 12.1 Å². The predicted octanol–water partition coefficient (Wildman–Crippen LogP) is 2.79. The second kappa shape index (κ2) is 4.91. The number of aryl methyl sites for hydroxylation is 1. The van der Waals surface area contributed by atoms with Gasteiger partial charge in [0.15, 0.2) is 5.82 Å². The summed E-state index contributed by atoms with van der Waals surface area (Å²) in [6.07, 6.45) is -4.89. The van der Waals surface area contributed by atoms with E-state index in [2.05, 4.69) is 20.0 Å². The molecule has 20 heavy (non-hydrogen) atoms. The first-order chi connectivity index (χ1) is 9.27. The number of hydrogen-bond donors (Lipinski definition) is 1. The molecule has 0 spiro atoms. The number of aromatic nitrogens is 2. The summed E-state index contributed by atoms with van der Waals surface area (Å²) in [4.78, 5) is 15.3. The van der Waals surface area contributed by atoms with Gasteiger partial charge in [-0.05, 0) is 25.1 Å². The molecule has 0 saturated carbocycles. The number of hydrogen-bond acceptors (Lipinski definition) is 4. The number of anilines is 1. The van der Waals surface area contributed by atoms with Gasteiger partial charge in [-0.25, -0.2) is 4.39 Å². The highest BCUT2D eigenvalue weighted by molar-refractivity contribution is 6.03. The van der Waals surface area contributed by atoms with Crippen molar-refractivity contribution in [2.45, 2.75) is 13.1 Å². The smallest absolute Gasteiger partial charge is 0.315 e. The third kappa shape index (κ3) is 2.92. The van der Waals surface area contributed by atoms with Gasteiger partial charge < -0.3 is 4.52 Å². The molecule has 1 heterocycles. The molecule has 0 fully saturated rings. The van der Waals surface area contributed by atoms with Crippen LogP contribution >= 0.6 is 0 Å². The lowest BCUT2D eigenvalue weighted by molar-refractivity contribution is -0.140. The summed E-state index contributed by atoms with van der Waals surface area (Å²) in [5.74, 6) is -2.13. The molecular formula is C11H7F4N3O2. The highest BCUT2D eigenvalue weighted by Crippen LogP contribution is 2.31. The second-order valence-electron chi connectivity index (χ2n) is 3.79. The number of carbonyl (C=O) groups excluding carboxylic acids is 1. The molecule has 5 nitrogen and oxygen atoms in total. The Kier molecular flexibility index (Phi) is 3.43. The minimum absolute atomic E-state index is 0.246. The van der Waals surface area contributed by atoms with Crippen molar-refractivity contribution in [1.82, 2.24) is 10.1 Å². The molecule has 1 aromatic carbocycles. The van der Waals surface area contributed by atoms with E-state index in [1.165, 1.54) is 6.92 Å². The van der Waals surface area contributed by atoms with Gasteiger partial charge in [-0.2, -0.15) is 18.2 Å². The highest BCUT2D eigenvalue weighted by Gasteiger charge is 2.34. The summed E-state index contributed by atoms with van der Waals surface area (Å²) in [7, 11) is 0. The molecule has 106 valence electrons. The SMILES string of the molecule is Cc1noc(NC(=O)c2ccc(F)c(C(F)(F)F)c2)n1. The summed E-state index contributed by atoms with van der Waals surface area (Å²) in [6.45, 7) is 1.50. The Morgan fingerprint density at radius 3 is 2.60 bits per heavy atom. The summed E-state index contributed by atoms with van der Waals surface area (Å²) < 4.78 is 55.2. The minimum Gasteiger partial charge on any atom is -0.315 e. The Morgan fingerprint density at radius 2 is 2.05 bits per heavy atom. The van der Waals surface area contributed by atoms with Gasteiger partial charge >= 0.3 is 12.2 Å². The zero-order valence-electron chi connectivity index (χ0n) is 9.95. The number of benzene rings is 1. The molecule has 0 aliphatic heterocycles. The predicted molar refractivity (Wildman–Crippen MR) is 58.4 cm³/mol. The van der Waals surface area contributed by atoms with Gasteiger partial charge in [0.05, 0.1) is 5.56 Å². The standard InChI is InChI=1S/C11H7F4N3O2/c1-5-16-10(20-18-5)17-9(19)6-2-3-8(12)7(4-6)11(13,14)15/h2-4H,1H3,(H,16,17,18,19).